The minimum absolute atomic E-state index is 0.0668. The van der Waals surface area contributed by atoms with Gasteiger partial charge in [-0.3, -0.25) is 4.79 Å². The van der Waals surface area contributed by atoms with E-state index in [-0.39, 0.29) is 18.1 Å². The zero-order valence-corrected chi connectivity index (χ0v) is 12.3. The maximum Gasteiger partial charge on any atom is 0.226 e. The number of nitrogens with two attached hydrogens (primary N) is 1. The first kappa shape index (κ1) is 14.5. The summed E-state index contributed by atoms with van der Waals surface area (Å²) in [5.74, 6) is 0.276. The maximum atomic E-state index is 13.4. The molecule has 2 rings (SSSR count). The van der Waals surface area contributed by atoms with Crippen molar-refractivity contribution in [2.75, 3.05) is 19.6 Å². The van der Waals surface area contributed by atoms with E-state index >= 15 is 0 Å². The lowest BCUT2D eigenvalue weighted by Crippen LogP contribution is -2.40. The molecule has 1 heterocycles. The van der Waals surface area contributed by atoms with Crippen LogP contribution < -0.4 is 5.73 Å². The molecule has 0 atom stereocenters. The Labute approximate surface area is 121 Å². The Morgan fingerprint density at radius 3 is 2.68 bits per heavy atom. The standard InChI is InChI=1S/C14H18BrFN2O/c15-12-2-1-11(7-13(12)16)8-14(19)18-5-3-10(9-17)4-6-18/h1-2,7,10H,3-6,8-9,17H2. The largest absolute Gasteiger partial charge is 0.342 e. The predicted molar refractivity (Wildman–Crippen MR) is 76.2 cm³/mol. The Kier molecular flexibility index (Phi) is 4.93. The van der Waals surface area contributed by atoms with Gasteiger partial charge < -0.3 is 10.6 Å². The van der Waals surface area contributed by atoms with Gasteiger partial charge in [-0.05, 0) is 58.9 Å². The number of rotatable bonds is 3. The molecule has 1 fully saturated rings. The summed E-state index contributed by atoms with van der Waals surface area (Å²) in [4.78, 5) is 14.0. The van der Waals surface area contributed by atoms with E-state index in [1.807, 2.05) is 4.90 Å². The van der Waals surface area contributed by atoms with Crippen LogP contribution >= 0.6 is 15.9 Å². The van der Waals surface area contributed by atoms with Crippen molar-refractivity contribution in [3.8, 4) is 0 Å². The van der Waals surface area contributed by atoms with Crippen molar-refractivity contribution in [2.45, 2.75) is 19.3 Å². The fraction of sp³-hybridized carbons (Fsp3) is 0.500. The Hall–Kier alpha value is -0.940. The molecule has 1 aromatic rings. The topological polar surface area (TPSA) is 46.3 Å². The molecule has 1 saturated heterocycles. The zero-order chi connectivity index (χ0) is 13.8. The molecule has 0 radical (unpaired) electrons. The van der Waals surface area contributed by atoms with Gasteiger partial charge in [-0.15, -0.1) is 0 Å². The van der Waals surface area contributed by atoms with Crippen molar-refractivity contribution < 1.29 is 9.18 Å². The number of halogens is 2. The minimum atomic E-state index is -0.327. The number of benzene rings is 1. The monoisotopic (exact) mass is 328 g/mol. The van der Waals surface area contributed by atoms with E-state index < -0.39 is 0 Å². The summed E-state index contributed by atoms with van der Waals surface area (Å²) in [6, 6.07) is 4.82. The average Bonchev–Trinajstić information content (AvgIpc) is 2.43. The van der Waals surface area contributed by atoms with Gasteiger partial charge >= 0.3 is 0 Å². The van der Waals surface area contributed by atoms with E-state index in [0.717, 1.165) is 25.9 Å². The molecule has 0 spiro atoms. The lowest BCUT2D eigenvalue weighted by Gasteiger charge is -2.31. The number of carbonyl (C=O) groups is 1. The first-order chi connectivity index (χ1) is 9.10. The van der Waals surface area contributed by atoms with Crippen molar-refractivity contribution >= 4 is 21.8 Å². The lowest BCUT2D eigenvalue weighted by molar-refractivity contribution is -0.131. The summed E-state index contributed by atoms with van der Waals surface area (Å²) in [5, 5.41) is 0. The molecule has 1 aliphatic rings. The van der Waals surface area contributed by atoms with Gasteiger partial charge in [0.15, 0.2) is 0 Å². The predicted octanol–water partition coefficient (Wildman–Crippen LogP) is 2.33. The van der Waals surface area contributed by atoms with Crippen LogP contribution in [-0.2, 0) is 11.2 Å². The van der Waals surface area contributed by atoms with Crippen molar-refractivity contribution in [3.05, 3.63) is 34.1 Å². The molecule has 0 saturated carbocycles. The van der Waals surface area contributed by atoms with Gasteiger partial charge in [-0.2, -0.15) is 0 Å². The summed E-state index contributed by atoms with van der Waals surface area (Å²) < 4.78 is 13.8. The zero-order valence-electron chi connectivity index (χ0n) is 10.7. The second-order valence-corrected chi connectivity index (χ2v) is 5.84. The molecule has 1 amide bonds. The van der Waals surface area contributed by atoms with Crippen LogP contribution in [0.25, 0.3) is 0 Å². The van der Waals surface area contributed by atoms with Crippen LogP contribution in [0.3, 0.4) is 0 Å². The van der Waals surface area contributed by atoms with Gasteiger partial charge in [-0.1, -0.05) is 6.07 Å². The molecule has 0 aliphatic carbocycles. The van der Waals surface area contributed by atoms with Crippen molar-refractivity contribution in [1.82, 2.24) is 4.90 Å². The van der Waals surface area contributed by atoms with Crippen LogP contribution in [0.2, 0.25) is 0 Å². The molecule has 104 valence electrons. The maximum absolute atomic E-state index is 13.4. The van der Waals surface area contributed by atoms with Crippen LogP contribution in [0.15, 0.2) is 22.7 Å². The second-order valence-electron chi connectivity index (χ2n) is 4.99. The Morgan fingerprint density at radius 2 is 2.11 bits per heavy atom. The highest BCUT2D eigenvalue weighted by Gasteiger charge is 2.21. The van der Waals surface area contributed by atoms with Gasteiger partial charge in [0, 0.05) is 13.1 Å². The van der Waals surface area contributed by atoms with Gasteiger partial charge in [0.05, 0.1) is 10.9 Å². The molecule has 19 heavy (non-hydrogen) atoms. The van der Waals surface area contributed by atoms with E-state index in [1.54, 1.807) is 12.1 Å². The van der Waals surface area contributed by atoms with Gasteiger partial charge in [0.1, 0.15) is 5.82 Å². The third-order valence-electron chi connectivity index (χ3n) is 3.64. The number of hydrogen-bond donors (Lipinski definition) is 1. The molecule has 0 unspecified atom stereocenters. The van der Waals surface area contributed by atoms with E-state index in [9.17, 15) is 9.18 Å². The van der Waals surface area contributed by atoms with Gasteiger partial charge in [-0.25, -0.2) is 4.39 Å². The van der Waals surface area contributed by atoms with Crippen molar-refractivity contribution in [2.24, 2.45) is 11.7 Å². The van der Waals surface area contributed by atoms with Gasteiger partial charge in [0.25, 0.3) is 0 Å². The Bertz CT molecular complexity index is 459. The molecule has 5 heteroatoms. The van der Waals surface area contributed by atoms with Crippen molar-refractivity contribution in [3.63, 3.8) is 0 Å². The highest BCUT2D eigenvalue weighted by atomic mass is 79.9. The SMILES string of the molecule is NCC1CCN(C(=O)Cc2ccc(Br)c(F)c2)CC1. The number of amides is 1. The summed E-state index contributed by atoms with van der Waals surface area (Å²) in [7, 11) is 0. The van der Waals surface area contributed by atoms with Crippen LogP contribution in [0.1, 0.15) is 18.4 Å². The number of nitrogens with zero attached hydrogens (tertiary/aromatic N) is 1. The van der Waals surface area contributed by atoms with Crippen LogP contribution in [0, 0.1) is 11.7 Å². The fourth-order valence-electron chi connectivity index (χ4n) is 2.35. The lowest BCUT2D eigenvalue weighted by atomic mass is 9.96. The quantitative estimate of drug-likeness (QED) is 0.925. The van der Waals surface area contributed by atoms with Crippen molar-refractivity contribution in [1.29, 1.82) is 0 Å². The van der Waals surface area contributed by atoms with E-state index in [1.165, 1.54) is 6.07 Å². The van der Waals surface area contributed by atoms with Crippen LogP contribution in [0.4, 0.5) is 4.39 Å². The average molecular weight is 329 g/mol. The molecule has 0 bridgehead atoms. The third kappa shape index (κ3) is 3.76. The normalized spacial score (nSPS) is 16.7. The van der Waals surface area contributed by atoms with Crippen LogP contribution in [0.5, 0.6) is 0 Å². The number of likely N-dealkylation sites (tertiary alicyclic amines) is 1. The first-order valence-electron chi connectivity index (χ1n) is 6.52. The van der Waals surface area contributed by atoms with E-state index in [4.69, 9.17) is 5.73 Å². The molecule has 0 aromatic heterocycles. The summed E-state index contributed by atoms with van der Waals surface area (Å²) in [6.45, 7) is 2.22. The third-order valence-corrected chi connectivity index (χ3v) is 4.28. The molecule has 2 N–H and O–H groups in total. The summed E-state index contributed by atoms with van der Waals surface area (Å²) >= 11 is 3.10. The molecule has 1 aliphatic heterocycles. The van der Waals surface area contributed by atoms with Gasteiger partial charge in [0.2, 0.25) is 5.91 Å². The first-order valence-corrected chi connectivity index (χ1v) is 7.31. The highest BCUT2D eigenvalue weighted by molar-refractivity contribution is 9.10. The van der Waals surface area contributed by atoms with E-state index in [0.29, 0.717) is 22.5 Å². The molecule has 3 nitrogen and oxygen atoms in total. The molecular weight excluding hydrogens is 311 g/mol. The minimum Gasteiger partial charge on any atom is -0.342 e. The molecule has 1 aromatic carbocycles. The Morgan fingerprint density at radius 1 is 1.42 bits per heavy atom. The number of carbonyl (C=O) groups excluding carboxylic acids is 1. The fourth-order valence-corrected chi connectivity index (χ4v) is 2.60. The highest BCUT2D eigenvalue weighted by Crippen LogP contribution is 2.19. The number of hydrogen-bond acceptors (Lipinski definition) is 2. The summed E-state index contributed by atoms with van der Waals surface area (Å²) in [6.07, 6.45) is 2.20. The van der Waals surface area contributed by atoms with E-state index in [2.05, 4.69) is 15.9 Å². The molecular formula is C14H18BrFN2O. The van der Waals surface area contributed by atoms with Crippen LogP contribution in [-0.4, -0.2) is 30.4 Å². The Balaban J connectivity index is 1.92. The number of piperidine rings is 1. The smallest absolute Gasteiger partial charge is 0.226 e. The second kappa shape index (κ2) is 6.48. The summed E-state index contributed by atoms with van der Waals surface area (Å²) in [5.41, 5.74) is 6.34.